The predicted octanol–water partition coefficient (Wildman–Crippen LogP) is 4.50. The zero-order valence-corrected chi connectivity index (χ0v) is 17.3. The third-order valence-electron chi connectivity index (χ3n) is 4.30. The Balaban J connectivity index is 1.72. The van der Waals surface area contributed by atoms with Crippen LogP contribution in [0.1, 0.15) is 5.56 Å². The Morgan fingerprint density at radius 3 is 2.41 bits per heavy atom. The van der Waals surface area contributed by atoms with Crippen molar-refractivity contribution in [2.24, 2.45) is 0 Å². The monoisotopic (exact) mass is 466 g/mol. The van der Waals surface area contributed by atoms with E-state index in [0.717, 1.165) is 12.1 Å². The minimum atomic E-state index is -4.66. The van der Waals surface area contributed by atoms with Crippen molar-refractivity contribution in [1.82, 2.24) is 10.6 Å². The number of likely N-dealkylation sites (N-methyl/N-ethyl adjacent to an activating group) is 1. The number of dihydropyridines is 1. The van der Waals surface area contributed by atoms with Crippen molar-refractivity contribution in [3.8, 4) is 5.75 Å². The van der Waals surface area contributed by atoms with Gasteiger partial charge in [0.25, 0.3) is 11.6 Å². The number of benzene rings is 2. The van der Waals surface area contributed by atoms with Gasteiger partial charge in [-0.3, -0.25) is 4.79 Å². The second-order valence-corrected chi connectivity index (χ2v) is 6.99. The average molecular weight is 467 g/mol. The van der Waals surface area contributed by atoms with Crippen LogP contribution < -0.4 is 26.0 Å². The standard InChI is InChI=1S/C21H18ClF3N4O3/c1-26-18(30)20(9-2-3-10-27-20)32-15-6-4-5-13(11-15)28-19(31)29-14-7-8-17(22)16(12-14)21(23,24)25/h2-12,27H,1H3,(H,26,30)(H2,28,29,31). The van der Waals surface area contributed by atoms with Crippen molar-refractivity contribution >= 4 is 34.9 Å². The first-order chi connectivity index (χ1) is 15.1. The molecule has 1 unspecified atom stereocenters. The van der Waals surface area contributed by atoms with Crippen LogP contribution in [0.2, 0.25) is 5.02 Å². The second-order valence-electron chi connectivity index (χ2n) is 6.58. The van der Waals surface area contributed by atoms with E-state index in [4.69, 9.17) is 16.3 Å². The Morgan fingerprint density at radius 1 is 1.06 bits per heavy atom. The molecule has 1 heterocycles. The number of carbonyl (C=O) groups excluding carboxylic acids is 2. The third kappa shape index (κ3) is 5.33. The van der Waals surface area contributed by atoms with E-state index in [1.54, 1.807) is 36.6 Å². The summed E-state index contributed by atoms with van der Waals surface area (Å²) in [7, 11) is 1.46. The molecule has 1 aliphatic rings. The van der Waals surface area contributed by atoms with Crippen LogP contribution in [0.5, 0.6) is 5.75 Å². The molecule has 1 atom stereocenters. The average Bonchev–Trinajstić information content (AvgIpc) is 2.74. The quantitative estimate of drug-likeness (QED) is 0.522. The molecular weight excluding hydrogens is 449 g/mol. The fraction of sp³-hybridized carbons (Fsp3) is 0.143. The van der Waals surface area contributed by atoms with Gasteiger partial charge in [0.05, 0.1) is 10.6 Å². The Kier molecular flexibility index (Phi) is 6.64. The maximum absolute atomic E-state index is 13.0. The molecule has 0 aliphatic carbocycles. The molecule has 0 saturated carbocycles. The molecule has 11 heteroatoms. The molecule has 2 aromatic rings. The number of hydrogen-bond acceptors (Lipinski definition) is 4. The number of rotatable bonds is 5. The van der Waals surface area contributed by atoms with E-state index in [1.165, 1.54) is 25.3 Å². The van der Waals surface area contributed by atoms with Gasteiger partial charge in [0.2, 0.25) is 0 Å². The predicted molar refractivity (Wildman–Crippen MR) is 114 cm³/mol. The van der Waals surface area contributed by atoms with E-state index in [0.29, 0.717) is 0 Å². The lowest BCUT2D eigenvalue weighted by Crippen LogP contribution is -2.58. The van der Waals surface area contributed by atoms with Crippen molar-refractivity contribution in [1.29, 1.82) is 0 Å². The van der Waals surface area contributed by atoms with Gasteiger partial charge in [-0.15, -0.1) is 0 Å². The first-order valence-electron chi connectivity index (χ1n) is 9.21. The van der Waals surface area contributed by atoms with Crippen LogP contribution in [-0.4, -0.2) is 24.7 Å². The van der Waals surface area contributed by atoms with Gasteiger partial charge in [-0.05, 0) is 42.5 Å². The lowest BCUT2D eigenvalue weighted by atomic mass is 10.1. The SMILES string of the molecule is CNC(=O)C1(Oc2cccc(NC(=O)Nc3ccc(Cl)c(C(F)(F)F)c3)c2)C=CC=CN1. The molecule has 3 amide bonds. The number of alkyl halides is 3. The normalized spacial score (nSPS) is 17.3. The van der Waals surface area contributed by atoms with Crippen molar-refractivity contribution in [2.45, 2.75) is 11.9 Å². The van der Waals surface area contributed by atoms with Gasteiger partial charge >= 0.3 is 12.2 Å². The first-order valence-corrected chi connectivity index (χ1v) is 9.59. The van der Waals surface area contributed by atoms with Crippen LogP contribution in [0.25, 0.3) is 0 Å². The summed E-state index contributed by atoms with van der Waals surface area (Å²) in [6.45, 7) is 0. The zero-order chi connectivity index (χ0) is 23.4. The van der Waals surface area contributed by atoms with E-state index < -0.39 is 34.4 Å². The van der Waals surface area contributed by atoms with Gasteiger partial charge in [-0.1, -0.05) is 23.7 Å². The van der Waals surface area contributed by atoms with E-state index in [2.05, 4.69) is 21.3 Å². The Morgan fingerprint density at radius 2 is 1.78 bits per heavy atom. The molecule has 0 spiro atoms. The summed E-state index contributed by atoms with van der Waals surface area (Å²) in [5.41, 5.74) is -2.35. The molecule has 4 N–H and O–H groups in total. The van der Waals surface area contributed by atoms with Crippen LogP contribution in [0, 0.1) is 0 Å². The van der Waals surface area contributed by atoms with E-state index in [9.17, 15) is 22.8 Å². The van der Waals surface area contributed by atoms with Crippen molar-refractivity contribution in [2.75, 3.05) is 17.7 Å². The van der Waals surface area contributed by atoms with E-state index >= 15 is 0 Å². The molecule has 3 rings (SSSR count). The maximum atomic E-state index is 13.0. The Labute approximate surface area is 186 Å². The van der Waals surface area contributed by atoms with E-state index in [-0.39, 0.29) is 17.1 Å². The second kappa shape index (κ2) is 9.23. The molecular formula is C21H18ClF3N4O3. The number of nitrogens with one attached hydrogen (secondary N) is 4. The molecule has 0 aromatic heterocycles. The zero-order valence-electron chi connectivity index (χ0n) is 16.6. The van der Waals surface area contributed by atoms with Crippen LogP contribution in [-0.2, 0) is 11.0 Å². The summed E-state index contributed by atoms with van der Waals surface area (Å²) >= 11 is 5.58. The highest BCUT2D eigenvalue weighted by atomic mass is 35.5. The number of anilines is 2. The van der Waals surface area contributed by atoms with Crippen LogP contribution in [0.4, 0.5) is 29.3 Å². The largest absolute Gasteiger partial charge is 0.455 e. The van der Waals surface area contributed by atoms with Crippen molar-refractivity contribution < 1.29 is 27.5 Å². The summed E-state index contributed by atoms with van der Waals surface area (Å²) in [6.07, 6.45) is 1.74. The molecule has 0 saturated heterocycles. The van der Waals surface area contributed by atoms with Gasteiger partial charge in [0, 0.05) is 30.7 Å². The lowest BCUT2D eigenvalue weighted by molar-refractivity contribution is -0.137. The number of ether oxygens (including phenoxy) is 1. The number of allylic oxidation sites excluding steroid dienone is 2. The number of carbonyl (C=O) groups is 2. The highest BCUT2D eigenvalue weighted by Gasteiger charge is 2.38. The molecule has 1 aliphatic heterocycles. The number of halogens is 4. The number of urea groups is 1. The lowest BCUT2D eigenvalue weighted by Gasteiger charge is -2.31. The number of hydrogen-bond donors (Lipinski definition) is 4. The summed E-state index contributed by atoms with van der Waals surface area (Å²) < 4.78 is 44.8. The summed E-state index contributed by atoms with van der Waals surface area (Å²) in [5, 5.41) is 9.70. The van der Waals surface area contributed by atoms with Gasteiger partial charge < -0.3 is 26.0 Å². The van der Waals surface area contributed by atoms with Gasteiger partial charge in [0.1, 0.15) is 5.75 Å². The first kappa shape index (κ1) is 23.0. The maximum Gasteiger partial charge on any atom is 0.417 e. The van der Waals surface area contributed by atoms with Crippen molar-refractivity contribution in [3.63, 3.8) is 0 Å². The fourth-order valence-electron chi connectivity index (χ4n) is 2.84. The van der Waals surface area contributed by atoms with Crippen molar-refractivity contribution in [3.05, 3.63) is 77.5 Å². The minimum Gasteiger partial charge on any atom is -0.455 e. The topological polar surface area (TPSA) is 91.5 Å². The summed E-state index contributed by atoms with van der Waals surface area (Å²) in [6, 6.07) is 8.42. The summed E-state index contributed by atoms with van der Waals surface area (Å²) in [4.78, 5) is 24.6. The Hall–Kier alpha value is -3.66. The smallest absolute Gasteiger partial charge is 0.417 e. The van der Waals surface area contributed by atoms with E-state index in [1.807, 2.05) is 0 Å². The third-order valence-corrected chi connectivity index (χ3v) is 4.63. The molecule has 168 valence electrons. The molecule has 0 fully saturated rings. The molecule has 7 nitrogen and oxygen atoms in total. The minimum absolute atomic E-state index is 0.0893. The molecule has 0 bridgehead atoms. The highest BCUT2D eigenvalue weighted by Crippen LogP contribution is 2.36. The van der Waals surface area contributed by atoms with Gasteiger partial charge in [0.15, 0.2) is 0 Å². The highest BCUT2D eigenvalue weighted by molar-refractivity contribution is 6.31. The van der Waals surface area contributed by atoms with Gasteiger partial charge in [-0.2, -0.15) is 13.2 Å². The fourth-order valence-corrected chi connectivity index (χ4v) is 3.07. The molecule has 32 heavy (non-hydrogen) atoms. The van der Waals surface area contributed by atoms with Crippen LogP contribution in [0.15, 0.2) is 66.9 Å². The molecule has 2 aromatic carbocycles. The number of amides is 3. The van der Waals surface area contributed by atoms with Gasteiger partial charge in [-0.25, -0.2) is 4.79 Å². The summed E-state index contributed by atoms with van der Waals surface area (Å²) in [5.74, 6) is -0.192. The Bertz CT molecular complexity index is 1090. The molecule has 0 radical (unpaired) electrons. The van der Waals surface area contributed by atoms with Crippen LogP contribution >= 0.6 is 11.6 Å². The van der Waals surface area contributed by atoms with Crippen LogP contribution in [0.3, 0.4) is 0 Å².